The molecular formula is C17H15NO2S. The smallest absolute Gasteiger partial charge is 0.312 e. The van der Waals surface area contributed by atoms with Crippen LogP contribution in [0, 0.1) is 6.92 Å². The Morgan fingerprint density at radius 3 is 2.81 bits per heavy atom. The number of rotatable bonds is 4. The SMILES string of the molecule is Cc1nc(CC(=O)OCc2cccc3ccccc23)cs1. The molecule has 2 aromatic carbocycles. The second-order valence-electron chi connectivity index (χ2n) is 4.83. The van der Waals surface area contributed by atoms with Crippen LogP contribution in [0.2, 0.25) is 0 Å². The molecule has 1 aromatic heterocycles. The molecule has 0 bridgehead atoms. The molecule has 106 valence electrons. The first kappa shape index (κ1) is 13.8. The summed E-state index contributed by atoms with van der Waals surface area (Å²) in [6.07, 6.45) is 0.231. The topological polar surface area (TPSA) is 39.2 Å². The summed E-state index contributed by atoms with van der Waals surface area (Å²) in [7, 11) is 0. The van der Waals surface area contributed by atoms with Crippen LogP contribution in [0.1, 0.15) is 16.3 Å². The summed E-state index contributed by atoms with van der Waals surface area (Å²) in [5.74, 6) is -0.242. The highest BCUT2D eigenvalue weighted by molar-refractivity contribution is 7.09. The van der Waals surface area contributed by atoms with E-state index in [1.165, 1.54) is 0 Å². The highest BCUT2D eigenvalue weighted by Crippen LogP contribution is 2.19. The van der Waals surface area contributed by atoms with Crippen molar-refractivity contribution in [2.24, 2.45) is 0 Å². The van der Waals surface area contributed by atoms with Gasteiger partial charge in [-0.1, -0.05) is 42.5 Å². The molecular weight excluding hydrogens is 282 g/mol. The van der Waals surface area contributed by atoms with Crippen molar-refractivity contribution >= 4 is 28.1 Å². The fraction of sp³-hybridized carbons (Fsp3) is 0.176. The summed E-state index contributed by atoms with van der Waals surface area (Å²) < 4.78 is 5.38. The number of hydrogen-bond acceptors (Lipinski definition) is 4. The highest BCUT2D eigenvalue weighted by Gasteiger charge is 2.09. The second kappa shape index (κ2) is 6.06. The van der Waals surface area contributed by atoms with Gasteiger partial charge in [-0.3, -0.25) is 4.79 Å². The first-order valence-electron chi connectivity index (χ1n) is 6.75. The molecule has 0 amide bonds. The van der Waals surface area contributed by atoms with Gasteiger partial charge in [0.25, 0.3) is 0 Å². The minimum atomic E-state index is -0.242. The number of aryl methyl sites for hydroxylation is 1. The zero-order chi connectivity index (χ0) is 14.7. The summed E-state index contributed by atoms with van der Waals surface area (Å²) in [5.41, 5.74) is 1.80. The zero-order valence-electron chi connectivity index (χ0n) is 11.7. The minimum absolute atomic E-state index is 0.231. The van der Waals surface area contributed by atoms with E-state index in [1.54, 1.807) is 11.3 Å². The molecule has 3 nitrogen and oxygen atoms in total. The number of carbonyl (C=O) groups is 1. The predicted molar refractivity (Wildman–Crippen MR) is 84.3 cm³/mol. The molecule has 0 aliphatic heterocycles. The summed E-state index contributed by atoms with van der Waals surface area (Å²) in [5, 5.41) is 5.14. The summed E-state index contributed by atoms with van der Waals surface area (Å²) in [6, 6.07) is 14.1. The number of nitrogens with zero attached hydrogens (tertiary/aromatic N) is 1. The van der Waals surface area contributed by atoms with Crippen molar-refractivity contribution in [3.63, 3.8) is 0 Å². The van der Waals surface area contributed by atoms with Crippen molar-refractivity contribution in [3.8, 4) is 0 Å². The average Bonchev–Trinajstić information content (AvgIpc) is 2.90. The van der Waals surface area contributed by atoms with E-state index < -0.39 is 0 Å². The molecule has 0 aliphatic rings. The molecule has 0 aliphatic carbocycles. The van der Waals surface area contributed by atoms with Gasteiger partial charge in [0.2, 0.25) is 0 Å². The van der Waals surface area contributed by atoms with E-state index in [-0.39, 0.29) is 12.4 Å². The third kappa shape index (κ3) is 3.28. The molecule has 1 heterocycles. The average molecular weight is 297 g/mol. The van der Waals surface area contributed by atoms with Crippen LogP contribution in [0.3, 0.4) is 0 Å². The number of aromatic nitrogens is 1. The Balaban J connectivity index is 1.67. The van der Waals surface area contributed by atoms with Crippen molar-refractivity contribution in [2.75, 3.05) is 0 Å². The van der Waals surface area contributed by atoms with E-state index in [4.69, 9.17) is 4.74 Å². The number of benzene rings is 2. The van der Waals surface area contributed by atoms with Gasteiger partial charge in [-0.15, -0.1) is 11.3 Å². The maximum Gasteiger partial charge on any atom is 0.312 e. The molecule has 0 unspecified atom stereocenters. The van der Waals surface area contributed by atoms with E-state index in [0.717, 1.165) is 27.0 Å². The molecule has 0 saturated heterocycles. The maximum absolute atomic E-state index is 11.9. The molecule has 3 rings (SSSR count). The van der Waals surface area contributed by atoms with Crippen LogP contribution in [0.5, 0.6) is 0 Å². The Morgan fingerprint density at radius 2 is 2.00 bits per heavy atom. The van der Waals surface area contributed by atoms with Gasteiger partial charge in [0.15, 0.2) is 0 Å². The van der Waals surface area contributed by atoms with E-state index >= 15 is 0 Å². The number of ether oxygens (including phenoxy) is 1. The van der Waals surface area contributed by atoms with Gasteiger partial charge in [-0.25, -0.2) is 4.98 Å². The van der Waals surface area contributed by atoms with Gasteiger partial charge in [0.05, 0.1) is 17.1 Å². The lowest BCUT2D eigenvalue weighted by Gasteiger charge is -2.07. The standard InChI is InChI=1S/C17H15NO2S/c1-12-18-15(11-21-12)9-17(19)20-10-14-7-4-6-13-5-2-3-8-16(13)14/h2-8,11H,9-10H2,1H3. The van der Waals surface area contributed by atoms with Crippen LogP contribution in [0.4, 0.5) is 0 Å². The van der Waals surface area contributed by atoms with Crippen LogP contribution < -0.4 is 0 Å². The lowest BCUT2D eigenvalue weighted by atomic mass is 10.1. The summed E-state index contributed by atoms with van der Waals surface area (Å²) >= 11 is 1.54. The molecule has 0 spiro atoms. The fourth-order valence-electron chi connectivity index (χ4n) is 2.26. The van der Waals surface area contributed by atoms with Crippen molar-refractivity contribution in [1.29, 1.82) is 0 Å². The predicted octanol–water partition coefficient (Wildman–Crippen LogP) is 3.89. The monoisotopic (exact) mass is 297 g/mol. The van der Waals surface area contributed by atoms with Crippen LogP contribution in [0.15, 0.2) is 47.8 Å². The third-order valence-corrected chi connectivity index (χ3v) is 4.08. The van der Waals surface area contributed by atoms with Gasteiger partial charge in [-0.05, 0) is 23.3 Å². The normalized spacial score (nSPS) is 10.7. The molecule has 3 aromatic rings. The molecule has 0 N–H and O–H groups in total. The number of fused-ring (bicyclic) bond motifs is 1. The second-order valence-corrected chi connectivity index (χ2v) is 5.90. The van der Waals surface area contributed by atoms with Crippen molar-refractivity contribution in [2.45, 2.75) is 20.0 Å². The number of esters is 1. The van der Waals surface area contributed by atoms with E-state index in [0.29, 0.717) is 6.61 Å². The van der Waals surface area contributed by atoms with Crippen molar-refractivity contribution in [1.82, 2.24) is 4.98 Å². The highest BCUT2D eigenvalue weighted by atomic mass is 32.1. The Hall–Kier alpha value is -2.20. The Morgan fingerprint density at radius 1 is 1.19 bits per heavy atom. The van der Waals surface area contributed by atoms with Crippen LogP contribution >= 0.6 is 11.3 Å². The largest absolute Gasteiger partial charge is 0.460 e. The Labute approximate surface area is 127 Å². The van der Waals surface area contributed by atoms with E-state index in [1.807, 2.05) is 42.6 Å². The quantitative estimate of drug-likeness (QED) is 0.686. The van der Waals surface area contributed by atoms with Gasteiger partial charge in [0, 0.05) is 5.38 Å². The first-order chi connectivity index (χ1) is 10.2. The summed E-state index contributed by atoms with van der Waals surface area (Å²) in [4.78, 5) is 16.1. The van der Waals surface area contributed by atoms with Gasteiger partial charge in [-0.2, -0.15) is 0 Å². The third-order valence-electron chi connectivity index (χ3n) is 3.26. The lowest BCUT2D eigenvalue weighted by Crippen LogP contribution is -2.08. The van der Waals surface area contributed by atoms with Crippen LogP contribution in [0.25, 0.3) is 10.8 Å². The van der Waals surface area contributed by atoms with Gasteiger partial charge in [0.1, 0.15) is 6.61 Å². The zero-order valence-corrected chi connectivity index (χ0v) is 12.5. The van der Waals surface area contributed by atoms with Crippen molar-refractivity contribution < 1.29 is 9.53 Å². The minimum Gasteiger partial charge on any atom is -0.460 e. The molecule has 0 radical (unpaired) electrons. The van der Waals surface area contributed by atoms with E-state index in [9.17, 15) is 4.79 Å². The van der Waals surface area contributed by atoms with Crippen LogP contribution in [-0.2, 0) is 22.6 Å². The fourth-order valence-corrected chi connectivity index (χ4v) is 2.88. The van der Waals surface area contributed by atoms with Crippen molar-refractivity contribution in [3.05, 3.63) is 64.1 Å². The number of carbonyl (C=O) groups excluding carboxylic acids is 1. The van der Waals surface area contributed by atoms with E-state index in [2.05, 4.69) is 17.1 Å². The molecule has 21 heavy (non-hydrogen) atoms. The maximum atomic E-state index is 11.9. The first-order valence-corrected chi connectivity index (χ1v) is 7.63. The molecule has 4 heteroatoms. The Bertz CT molecular complexity index is 774. The lowest BCUT2D eigenvalue weighted by molar-refractivity contribution is -0.144. The molecule has 0 atom stereocenters. The summed E-state index contributed by atoms with van der Waals surface area (Å²) in [6.45, 7) is 2.22. The van der Waals surface area contributed by atoms with Gasteiger partial charge < -0.3 is 4.74 Å². The van der Waals surface area contributed by atoms with Crippen LogP contribution in [-0.4, -0.2) is 11.0 Å². The van der Waals surface area contributed by atoms with Gasteiger partial charge >= 0.3 is 5.97 Å². The number of hydrogen-bond donors (Lipinski definition) is 0. The molecule has 0 saturated carbocycles. The Kier molecular flexibility index (Phi) is 3.97. The number of thiazole rings is 1. The molecule has 0 fully saturated rings.